The fourth-order valence-corrected chi connectivity index (χ4v) is 1.23. The molecule has 0 bridgehead atoms. The lowest BCUT2D eigenvalue weighted by atomic mass is 9.93. The van der Waals surface area contributed by atoms with Gasteiger partial charge in [0.2, 0.25) is 0 Å². The Labute approximate surface area is 102 Å². The first-order valence-electron chi connectivity index (χ1n) is 5.33. The molecule has 0 atom stereocenters. The first-order chi connectivity index (χ1) is 7.89. The summed E-state index contributed by atoms with van der Waals surface area (Å²) in [5.74, 6) is -7.60. The number of hydrogen-bond donors (Lipinski definition) is 1. The van der Waals surface area contributed by atoms with Crippen molar-refractivity contribution in [3.63, 3.8) is 0 Å². The van der Waals surface area contributed by atoms with E-state index in [1.165, 1.54) is 6.92 Å². The van der Waals surface area contributed by atoms with Crippen molar-refractivity contribution in [2.24, 2.45) is 11.1 Å². The third-order valence-corrected chi connectivity index (χ3v) is 2.47. The van der Waals surface area contributed by atoms with Crippen LogP contribution in [0.4, 0.5) is 22.0 Å². The summed E-state index contributed by atoms with van der Waals surface area (Å²) in [6, 6.07) is 0. The molecule has 0 saturated carbocycles. The van der Waals surface area contributed by atoms with Gasteiger partial charge in [0.15, 0.2) is 0 Å². The van der Waals surface area contributed by atoms with Crippen LogP contribution in [-0.2, 0) is 4.79 Å². The smallest absolute Gasteiger partial charge is 0.337 e. The van der Waals surface area contributed by atoms with Gasteiger partial charge in [-0.05, 0) is 18.9 Å². The molecule has 0 aromatic rings. The van der Waals surface area contributed by atoms with Crippen LogP contribution in [0.25, 0.3) is 0 Å². The fourth-order valence-electron chi connectivity index (χ4n) is 1.23. The zero-order valence-electron chi connectivity index (χ0n) is 10.4. The molecule has 0 heterocycles. The Bertz CT molecular complexity index is 301. The second kappa shape index (κ2) is 5.38. The van der Waals surface area contributed by atoms with Gasteiger partial charge in [0, 0.05) is 13.1 Å². The van der Waals surface area contributed by atoms with Crippen LogP contribution in [0.2, 0.25) is 0 Å². The van der Waals surface area contributed by atoms with Crippen LogP contribution in [0.15, 0.2) is 0 Å². The molecule has 0 radical (unpaired) electrons. The fraction of sp³-hybridized carbons (Fsp3) is 0.900. The van der Waals surface area contributed by atoms with Crippen LogP contribution < -0.4 is 5.73 Å². The largest absolute Gasteiger partial charge is 0.463 e. The Kier molecular flexibility index (Phi) is 5.10. The van der Waals surface area contributed by atoms with Crippen LogP contribution in [0.1, 0.15) is 20.8 Å². The number of rotatable bonds is 5. The average Bonchev–Trinajstić information content (AvgIpc) is 2.23. The monoisotopic (exact) mass is 276 g/mol. The second-order valence-corrected chi connectivity index (χ2v) is 4.76. The third-order valence-electron chi connectivity index (χ3n) is 2.47. The van der Waals surface area contributed by atoms with Crippen molar-refractivity contribution in [3.05, 3.63) is 0 Å². The summed E-state index contributed by atoms with van der Waals surface area (Å²) < 4.78 is 62.0. The molecule has 0 saturated heterocycles. The Morgan fingerprint density at radius 2 is 1.61 bits per heavy atom. The molecule has 0 rings (SSSR count). The molecule has 0 spiro atoms. The highest BCUT2D eigenvalue weighted by Crippen LogP contribution is 2.37. The van der Waals surface area contributed by atoms with Gasteiger partial charge >= 0.3 is 18.0 Å². The number of carbonyl (C=O) groups excluding carboxylic acids is 1. The lowest BCUT2D eigenvalue weighted by Crippen LogP contribution is -2.54. The van der Waals surface area contributed by atoms with Crippen molar-refractivity contribution < 1.29 is 26.7 Å². The SMILES string of the molecule is CCN(CC(C)(C)CN)C(=O)C(F)(F)C(F)(F)F. The van der Waals surface area contributed by atoms with Gasteiger partial charge in [0.05, 0.1) is 0 Å². The van der Waals surface area contributed by atoms with Crippen LogP contribution in [0, 0.1) is 5.41 Å². The quantitative estimate of drug-likeness (QED) is 0.781. The van der Waals surface area contributed by atoms with Crippen molar-refractivity contribution in [1.29, 1.82) is 0 Å². The first-order valence-corrected chi connectivity index (χ1v) is 5.33. The molecule has 8 heteroatoms. The minimum absolute atomic E-state index is 0.0639. The zero-order chi connectivity index (χ0) is 14.8. The second-order valence-electron chi connectivity index (χ2n) is 4.76. The summed E-state index contributed by atoms with van der Waals surface area (Å²) >= 11 is 0. The Hall–Kier alpha value is -0.920. The van der Waals surface area contributed by atoms with Crippen LogP contribution >= 0.6 is 0 Å². The van der Waals surface area contributed by atoms with E-state index in [4.69, 9.17) is 5.73 Å². The highest BCUT2D eigenvalue weighted by molar-refractivity contribution is 5.84. The van der Waals surface area contributed by atoms with Gasteiger partial charge in [0.25, 0.3) is 0 Å². The van der Waals surface area contributed by atoms with Gasteiger partial charge in [-0.3, -0.25) is 4.79 Å². The molecule has 108 valence electrons. The molecule has 0 fully saturated rings. The standard InChI is InChI=1S/C10H17F5N2O/c1-4-17(6-8(2,3)5-16)7(18)9(11,12)10(13,14)15/h4-6,16H2,1-3H3. The molecule has 0 unspecified atom stereocenters. The lowest BCUT2D eigenvalue weighted by Gasteiger charge is -2.33. The lowest BCUT2D eigenvalue weighted by molar-refractivity contribution is -0.274. The predicted octanol–water partition coefficient (Wildman–Crippen LogP) is 2.02. The van der Waals surface area contributed by atoms with Gasteiger partial charge < -0.3 is 10.6 Å². The van der Waals surface area contributed by atoms with E-state index in [9.17, 15) is 26.7 Å². The Morgan fingerprint density at radius 3 is 1.89 bits per heavy atom. The Balaban J connectivity index is 5.05. The number of hydrogen-bond acceptors (Lipinski definition) is 2. The molecular formula is C10H17F5N2O. The summed E-state index contributed by atoms with van der Waals surface area (Å²) in [5.41, 5.74) is 4.63. The van der Waals surface area contributed by atoms with E-state index in [2.05, 4.69) is 0 Å². The van der Waals surface area contributed by atoms with Gasteiger partial charge in [-0.2, -0.15) is 22.0 Å². The van der Waals surface area contributed by atoms with Crippen molar-refractivity contribution >= 4 is 5.91 Å². The molecule has 1 amide bonds. The highest BCUT2D eigenvalue weighted by atomic mass is 19.4. The maximum Gasteiger partial charge on any atom is 0.463 e. The minimum atomic E-state index is -5.88. The van der Waals surface area contributed by atoms with Crippen LogP contribution in [-0.4, -0.2) is 42.5 Å². The molecule has 2 N–H and O–H groups in total. The molecule has 18 heavy (non-hydrogen) atoms. The summed E-state index contributed by atoms with van der Waals surface area (Å²) in [7, 11) is 0. The Morgan fingerprint density at radius 1 is 1.17 bits per heavy atom. The summed E-state index contributed by atoms with van der Waals surface area (Å²) in [6.45, 7) is 4.05. The number of amides is 1. The normalized spacial score (nSPS) is 13.6. The summed E-state index contributed by atoms with van der Waals surface area (Å²) in [5, 5.41) is 0. The number of nitrogens with zero attached hydrogens (tertiary/aromatic N) is 1. The van der Waals surface area contributed by atoms with E-state index in [0.29, 0.717) is 4.90 Å². The molecule has 0 aliphatic heterocycles. The average molecular weight is 276 g/mol. The van der Waals surface area contributed by atoms with E-state index < -0.39 is 23.4 Å². The van der Waals surface area contributed by atoms with Gasteiger partial charge in [0.1, 0.15) is 0 Å². The molecule has 0 aromatic heterocycles. The number of carbonyl (C=O) groups is 1. The van der Waals surface area contributed by atoms with E-state index >= 15 is 0 Å². The maximum absolute atomic E-state index is 12.9. The van der Waals surface area contributed by atoms with Gasteiger partial charge in [-0.15, -0.1) is 0 Å². The van der Waals surface area contributed by atoms with E-state index in [0.717, 1.165) is 0 Å². The molecular weight excluding hydrogens is 259 g/mol. The van der Waals surface area contributed by atoms with E-state index in [1.54, 1.807) is 13.8 Å². The predicted molar refractivity (Wildman–Crippen MR) is 56.1 cm³/mol. The van der Waals surface area contributed by atoms with Crippen molar-refractivity contribution in [2.75, 3.05) is 19.6 Å². The van der Waals surface area contributed by atoms with Gasteiger partial charge in [-0.1, -0.05) is 13.8 Å². The summed E-state index contributed by atoms with van der Waals surface area (Å²) in [4.78, 5) is 11.7. The maximum atomic E-state index is 12.9. The van der Waals surface area contributed by atoms with Crippen molar-refractivity contribution in [1.82, 2.24) is 4.90 Å². The number of alkyl halides is 5. The number of nitrogens with two attached hydrogens (primary N) is 1. The van der Waals surface area contributed by atoms with Crippen LogP contribution in [0.3, 0.4) is 0 Å². The first kappa shape index (κ1) is 17.1. The topological polar surface area (TPSA) is 46.3 Å². The molecule has 0 aliphatic carbocycles. The van der Waals surface area contributed by atoms with Gasteiger partial charge in [-0.25, -0.2) is 0 Å². The molecule has 0 aromatic carbocycles. The van der Waals surface area contributed by atoms with Crippen molar-refractivity contribution in [3.8, 4) is 0 Å². The van der Waals surface area contributed by atoms with Crippen molar-refractivity contribution in [2.45, 2.75) is 32.9 Å². The summed E-state index contributed by atoms with van der Waals surface area (Å²) in [6.07, 6.45) is -5.88. The number of halogens is 5. The van der Waals surface area contributed by atoms with Crippen LogP contribution in [0.5, 0.6) is 0 Å². The molecule has 0 aliphatic rings. The molecule has 3 nitrogen and oxygen atoms in total. The highest BCUT2D eigenvalue weighted by Gasteiger charge is 2.64. The third kappa shape index (κ3) is 3.79. The van der Waals surface area contributed by atoms with E-state index in [1.807, 2.05) is 0 Å². The van der Waals surface area contributed by atoms with E-state index in [-0.39, 0.29) is 19.6 Å². The zero-order valence-corrected chi connectivity index (χ0v) is 10.4. The minimum Gasteiger partial charge on any atom is -0.337 e.